The number of hydrogen-bond donors (Lipinski definition) is 0. The van der Waals surface area contributed by atoms with Crippen molar-refractivity contribution >= 4 is 27.3 Å². The van der Waals surface area contributed by atoms with E-state index in [1.54, 1.807) is 16.2 Å². The summed E-state index contributed by atoms with van der Waals surface area (Å²) in [5, 5.41) is 4.06. The summed E-state index contributed by atoms with van der Waals surface area (Å²) in [4.78, 5) is 13.9. The van der Waals surface area contributed by atoms with Crippen molar-refractivity contribution in [3.8, 4) is 0 Å². The smallest absolute Gasteiger partial charge is 0.223 e. The predicted molar refractivity (Wildman–Crippen MR) is 80.2 cm³/mol. The average Bonchev–Trinajstić information content (AvgIpc) is 2.87. The van der Waals surface area contributed by atoms with Gasteiger partial charge in [0, 0.05) is 32.1 Å². The highest BCUT2D eigenvalue weighted by Gasteiger charge is 2.31. The topological polar surface area (TPSA) is 57.7 Å². The summed E-state index contributed by atoms with van der Waals surface area (Å²) in [6.07, 6.45) is 2.46. The van der Waals surface area contributed by atoms with E-state index in [1.165, 1.54) is 16.1 Å². The Bertz CT molecular complexity index is 554. The Morgan fingerprint density at radius 3 is 2.75 bits per heavy atom. The van der Waals surface area contributed by atoms with Crippen LogP contribution in [-0.2, 0) is 21.2 Å². The normalized spacial score (nSPS) is 21.1. The molecule has 1 atom stereocenters. The van der Waals surface area contributed by atoms with Crippen molar-refractivity contribution in [2.75, 3.05) is 25.9 Å². The zero-order chi connectivity index (χ0) is 14.8. The molecule has 20 heavy (non-hydrogen) atoms. The molecule has 5 nitrogen and oxygen atoms in total. The molecule has 0 bridgehead atoms. The van der Waals surface area contributed by atoms with Crippen molar-refractivity contribution in [2.45, 2.75) is 25.8 Å². The number of hydrogen-bond acceptors (Lipinski definition) is 4. The lowest BCUT2D eigenvalue weighted by molar-refractivity contribution is -0.133. The predicted octanol–water partition coefficient (Wildman–Crippen LogP) is 1.17. The van der Waals surface area contributed by atoms with E-state index < -0.39 is 10.0 Å². The highest BCUT2D eigenvalue weighted by atomic mass is 32.2. The molecule has 0 unspecified atom stereocenters. The van der Waals surface area contributed by atoms with E-state index in [0.29, 0.717) is 26.1 Å². The number of carbonyl (C=O) groups is 1. The van der Waals surface area contributed by atoms with E-state index in [2.05, 4.69) is 5.38 Å². The van der Waals surface area contributed by atoms with Crippen LogP contribution in [0.4, 0.5) is 0 Å². The summed E-state index contributed by atoms with van der Waals surface area (Å²) in [6, 6.07) is 1.88. The van der Waals surface area contributed by atoms with E-state index in [0.717, 1.165) is 6.42 Å². The van der Waals surface area contributed by atoms with Gasteiger partial charge in [0.15, 0.2) is 0 Å². The Hall–Kier alpha value is -0.920. The molecule has 0 N–H and O–H groups in total. The van der Waals surface area contributed by atoms with Gasteiger partial charge in [-0.05, 0) is 35.7 Å². The van der Waals surface area contributed by atoms with E-state index in [1.807, 2.05) is 18.4 Å². The molecule has 1 amide bonds. The lowest BCUT2D eigenvalue weighted by atomic mass is 10.1. The van der Waals surface area contributed by atoms with E-state index in [-0.39, 0.29) is 11.9 Å². The standard InChI is InChI=1S/C13H20N2O3S2/c1-11-9-14(6-7-15(11)20(2,17)18)13(16)4-3-12-5-8-19-10-12/h5,8,10-11H,3-4,6-7,9H2,1-2H3/t11-/m0/s1. The van der Waals surface area contributed by atoms with Gasteiger partial charge in [-0.25, -0.2) is 8.42 Å². The number of sulfonamides is 1. The number of rotatable bonds is 4. The van der Waals surface area contributed by atoms with Crippen molar-refractivity contribution in [3.63, 3.8) is 0 Å². The average molecular weight is 316 g/mol. The van der Waals surface area contributed by atoms with Crippen LogP contribution in [-0.4, -0.2) is 55.5 Å². The first kappa shape index (κ1) is 15.5. The fraction of sp³-hybridized carbons (Fsp3) is 0.615. The summed E-state index contributed by atoms with van der Waals surface area (Å²) in [6.45, 7) is 3.21. The van der Waals surface area contributed by atoms with Crippen LogP contribution >= 0.6 is 11.3 Å². The number of carbonyl (C=O) groups excluding carboxylic acids is 1. The molecule has 0 radical (unpaired) electrons. The summed E-state index contributed by atoms with van der Waals surface area (Å²) in [5.41, 5.74) is 1.19. The second-order valence-electron chi connectivity index (χ2n) is 5.19. The number of nitrogens with zero attached hydrogens (tertiary/aromatic N) is 2. The number of aryl methyl sites for hydroxylation is 1. The molecule has 112 valence electrons. The van der Waals surface area contributed by atoms with Gasteiger partial charge in [0.2, 0.25) is 15.9 Å². The second kappa shape index (κ2) is 6.24. The van der Waals surface area contributed by atoms with Gasteiger partial charge < -0.3 is 4.90 Å². The molecule has 2 heterocycles. The molecule has 1 aliphatic heterocycles. The Morgan fingerprint density at radius 1 is 1.45 bits per heavy atom. The minimum atomic E-state index is -3.18. The second-order valence-corrected chi connectivity index (χ2v) is 7.91. The van der Waals surface area contributed by atoms with Gasteiger partial charge in [-0.2, -0.15) is 15.6 Å². The summed E-state index contributed by atoms with van der Waals surface area (Å²) in [5.74, 6) is 0.108. The van der Waals surface area contributed by atoms with Crippen molar-refractivity contribution in [1.29, 1.82) is 0 Å². The molecule has 0 aliphatic carbocycles. The molecule has 0 aromatic carbocycles. The van der Waals surface area contributed by atoms with Crippen LogP contribution in [0.5, 0.6) is 0 Å². The van der Waals surface area contributed by atoms with Gasteiger partial charge in [-0.3, -0.25) is 4.79 Å². The van der Waals surface area contributed by atoms with Crippen LogP contribution in [0.3, 0.4) is 0 Å². The molecule has 1 aromatic heterocycles. The van der Waals surface area contributed by atoms with Crippen molar-refractivity contribution in [2.24, 2.45) is 0 Å². The number of amides is 1. The van der Waals surface area contributed by atoms with Gasteiger partial charge in [0.05, 0.1) is 6.26 Å². The largest absolute Gasteiger partial charge is 0.340 e. The van der Waals surface area contributed by atoms with Crippen LogP contribution in [0.2, 0.25) is 0 Å². The van der Waals surface area contributed by atoms with Crippen LogP contribution < -0.4 is 0 Å². The summed E-state index contributed by atoms with van der Waals surface area (Å²) >= 11 is 1.63. The highest BCUT2D eigenvalue weighted by molar-refractivity contribution is 7.88. The minimum absolute atomic E-state index is 0.108. The fourth-order valence-corrected chi connectivity index (χ4v) is 4.34. The Labute approximate surface area is 124 Å². The molecule has 1 aromatic rings. The first-order valence-electron chi connectivity index (χ1n) is 6.63. The lowest BCUT2D eigenvalue weighted by Crippen LogP contribution is -2.55. The zero-order valence-corrected chi connectivity index (χ0v) is 13.4. The molecular weight excluding hydrogens is 296 g/mol. The van der Waals surface area contributed by atoms with E-state index in [9.17, 15) is 13.2 Å². The maximum absolute atomic E-state index is 12.2. The SMILES string of the molecule is C[C@H]1CN(C(=O)CCc2ccsc2)CCN1S(C)(=O)=O. The van der Waals surface area contributed by atoms with Crippen LogP contribution in [0.1, 0.15) is 18.9 Å². The molecular formula is C13H20N2O3S2. The first-order valence-corrected chi connectivity index (χ1v) is 9.42. The van der Waals surface area contributed by atoms with Gasteiger partial charge in [-0.15, -0.1) is 0 Å². The van der Waals surface area contributed by atoms with Gasteiger partial charge in [0.25, 0.3) is 0 Å². The summed E-state index contributed by atoms with van der Waals surface area (Å²) in [7, 11) is -3.18. The first-order chi connectivity index (χ1) is 9.38. The number of piperazine rings is 1. The van der Waals surface area contributed by atoms with Crippen LogP contribution in [0.25, 0.3) is 0 Å². The van der Waals surface area contributed by atoms with E-state index in [4.69, 9.17) is 0 Å². The third-order valence-corrected chi connectivity index (χ3v) is 5.68. The van der Waals surface area contributed by atoms with Crippen LogP contribution in [0, 0.1) is 0 Å². The van der Waals surface area contributed by atoms with Crippen molar-refractivity contribution < 1.29 is 13.2 Å². The maximum atomic E-state index is 12.2. The van der Waals surface area contributed by atoms with Crippen molar-refractivity contribution in [1.82, 2.24) is 9.21 Å². The Morgan fingerprint density at radius 2 is 2.20 bits per heavy atom. The zero-order valence-electron chi connectivity index (χ0n) is 11.8. The fourth-order valence-electron chi connectivity index (χ4n) is 2.50. The monoisotopic (exact) mass is 316 g/mol. The molecule has 0 spiro atoms. The molecule has 1 saturated heterocycles. The summed E-state index contributed by atoms with van der Waals surface area (Å²) < 4.78 is 24.6. The molecule has 1 aliphatic rings. The maximum Gasteiger partial charge on any atom is 0.223 e. The molecule has 2 rings (SSSR count). The Kier molecular flexibility index (Phi) is 4.82. The minimum Gasteiger partial charge on any atom is -0.340 e. The van der Waals surface area contributed by atoms with E-state index >= 15 is 0 Å². The molecule has 7 heteroatoms. The van der Waals surface area contributed by atoms with Gasteiger partial charge in [-0.1, -0.05) is 0 Å². The van der Waals surface area contributed by atoms with Crippen molar-refractivity contribution in [3.05, 3.63) is 22.4 Å². The third-order valence-electron chi connectivity index (χ3n) is 3.55. The lowest BCUT2D eigenvalue weighted by Gasteiger charge is -2.38. The molecule has 1 fully saturated rings. The Balaban J connectivity index is 1.87. The van der Waals surface area contributed by atoms with Gasteiger partial charge >= 0.3 is 0 Å². The highest BCUT2D eigenvalue weighted by Crippen LogP contribution is 2.15. The van der Waals surface area contributed by atoms with Gasteiger partial charge in [0.1, 0.15) is 0 Å². The third kappa shape index (κ3) is 3.80. The molecule has 0 saturated carbocycles. The number of thiophene rings is 1. The quantitative estimate of drug-likeness (QED) is 0.838. The van der Waals surface area contributed by atoms with Crippen LogP contribution in [0.15, 0.2) is 16.8 Å².